The normalized spacial score (nSPS) is 13.4. The van der Waals surface area contributed by atoms with Crippen molar-refractivity contribution < 1.29 is 18.7 Å². The molecular formula is C16H21FO3. The molecule has 0 N–H and O–H groups in total. The molecule has 0 radical (unpaired) electrons. The number of halogens is 1. The van der Waals surface area contributed by atoms with E-state index in [1.165, 1.54) is 0 Å². The van der Waals surface area contributed by atoms with Gasteiger partial charge in [-0.3, -0.25) is 4.79 Å². The van der Waals surface area contributed by atoms with Gasteiger partial charge in [-0.05, 0) is 26.3 Å². The molecular weight excluding hydrogens is 259 g/mol. The molecule has 1 aromatic rings. The van der Waals surface area contributed by atoms with Gasteiger partial charge in [-0.1, -0.05) is 31.7 Å². The molecule has 0 bridgehead atoms. The van der Waals surface area contributed by atoms with E-state index in [0.29, 0.717) is 24.3 Å². The standard InChI is InChI=1S/C16H21FO3/c1-5-16(4,12(3)17)20-14-10-8-7-9-13(14)11-15(18)19-6-2/h7-10H,3,5-6,11H2,1-2,4H3. The summed E-state index contributed by atoms with van der Waals surface area (Å²) in [5.74, 6) is -0.393. The summed E-state index contributed by atoms with van der Waals surface area (Å²) in [6, 6.07) is 7.06. The minimum absolute atomic E-state index is 0.0998. The molecule has 0 aromatic heterocycles. The molecule has 0 aliphatic rings. The van der Waals surface area contributed by atoms with Crippen molar-refractivity contribution in [2.45, 2.75) is 39.2 Å². The highest BCUT2D eigenvalue weighted by Gasteiger charge is 2.29. The fourth-order valence-corrected chi connectivity index (χ4v) is 1.68. The Kier molecular flexibility index (Phi) is 5.74. The van der Waals surface area contributed by atoms with E-state index in [0.717, 1.165) is 0 Å². The lowest BCUT2D eigenvalue weighted by Crippen LogP contribution is -2.32. The Morgan fingerprint density at radius 3 is 2.55 bits per heavy atom. The summed E-state index contributed by atoms with van der Waals surface area (Å²) in [6.07, 6.45) is 0.540. The molecule has 0 fully saturated rings. The van der Waals surface area contributed by atoms with E-state index >= 15 is 0 Å². The van der Waals surface area contributed by atoms with Gasteiger partial charge in [-0.15, -0.1) is 0 Å². The lowest BCUT2D eigenvalue weighted by molar-refractivity contribution is -0.142. The Balaban J connectivity index is 2.96. The third-order valence-electron chi connectivity index (χ3n) is 3.20. The van der Waals surface area contributed by atoms with E-state index in [9.17, 15) is 9.18 Å². The quantitative estimate of drug-likeness (QED) is 0.712. The second-order valence-electron chi connectivity index (χ2n) is 4.68. The topological polar surface area (TPSA) is 35.5 Å². The number of esters is 1. The molecule has 0 spiro atoms. The minimum Gasteiger partial charge on any atom is -0.480 e. The third kappa shape index (κ3) is 4.08. The maximum atomic E-state index is 13.5. The van der Waals surface area contributed by atoms with Gasteiger partial charge in [0.2, 0.25) is 0 Å². The van der Waals surface area contributed by atoms with E-state index in [1.54, 1.807) is 38.1 Å². The van der Waals surface area contributed by atoms with Crippen molar-refractivity contribution in [3.63, 3.8) is 0 Å². The highest BCUT2D eigenvalue weighted by molar-refractivity contribution is 5.73. The first-order chi connectivity index (χ1) is 9.42. The Labute approximate surface area is 119 Å². The van der Waals surface area contributed by atoms with Gasteiger partial charge in [-0.2, -0.15) is 0 Å². The van der Waals surface area contributed by atoms with Crippen molar-refractivity contribution in [2.75, 3.05) is 6.61 Å². The van der Waals surface area contributed by atoms with Crippen molar-refractivity contribution in [2.24, 2.45) is 0 Å². The van der Waals surface area contributed by atoms with Gasteiger partial charge in [0.1, 0.15) is 11.6 Å². The van der Waals surface area contributed by atoms with Crippen LogP contribution in [0.3, 0.4) is 0 Å². The predicted octanol–water partition coefficient (Wildman–Crippen LogP) is 3.82. The molecule has 20 heavy (non-hydrogen) atoms. The van der Waals surface area contributed by atoms with Crippen LogP contribution in [0.15, 0.2) is 36.7 Å². The number of hydrogen-bond acceptors (Lipinski definition) is 3. The summed E-state index contributed by atoms with van der Waals surface area (Å²) in [6.45, 7) is 8.87. The van der Waals surface area contributed by atoms with Gasteiger partial charge in [0.25, 0.3) is 0 Å². The first-order valence-electron chi connectivity index (χ1n) is 6.70. The zero-order chi connectivity index (χ0) is 15.2. The van der Waals surface area contributed by atoms with Crippen LogP contribution in [-0.2, 0) is 16.0 Å². The number of rotatable bonds is 7. The molecule has 0 heterocycles. The van der Waals surface area contributed by atoms with E-state index < -0.39 is 11.4 Å². The lowest BCUT2D eigenvalue weighted by atomic mass is 10.0. The zero-order valence-electron chi connectivity index (χ0n) is 12.2. The van der Waals surface area contributed by atoms with Crippen LogP contribution in [0.2, 0.25) is 0 Å². The second kappa shape index (κ2) is 7.08. The number of carbonyl (C=O) groups is 1. The lowest BCUT2D eigenvalue weighted by Gasteiger charge is -2.28. The largest absolute Gasteiger partial charge is 0.480 e. The van der Waals surface area contributed by atoms with Gasteiger partial charge in [0.05, 0.1) is 13.0 Å². The van der Waals surface area contributed by atoms with Crippen LogP contribution in [0.1, 0.15) is 32.8 Å². The molecule has 0 saturated heterocycles. The van der Waals surface area contributed by atoms with Crippen LogP contribution in [-0.4, -0.2) is 18.2 Å². The predicted molar refractivity (Wildman–Crippen MR) is 76.4 cm³/mol. The SMILES string of the molecule is C=C(F)C(C)(CC)Oc1ccccc1CC(=O)OCC. The van der Waals surface area contributed by atoms with Crippen LogP contribution < -0.4 is 4.74 Å². The first-order valence-corrected chi connectivity index (χ1v) is 6.70. The number of carbonyl (C=O) groups excluding carboxylic acids is 1. The van der Waals surface area contributed by atoms with Crippen molar-refractivity contribution in [1.82, 2.24) is 0 Å². The minimum atomic E-state index is -1.09. The molecule has 1 aromatic carbocycles. The average molecular weight is 280 g/mol. The van der Waals surface area contributed by atoms with Crippen molar-refractivity contribution in [3.05, 3.63) is 42.2 Å². The number of ether oxygens (including phenoxy) is 2. The van der Waals surface area contributed by atoms with Crippen LogP contribution >= 0.6 is 0 Å². The van der Waals surface area contributed by atoms with Gasteiger partial charge in [-0.25, -0.2) is 4.39 Å². The Morgan fingerprint density at radius 2 is 2.00 bits per heavy atom. The van der Waals surface area contributed by atoms with E-state index in [2.05, 4.69) is 6.58 Å². The summed E-state index contributed by atoms with van der Waals surface area (Å²) >= 11 is 0. The molecule has 1 unspecified atom stereocenters. The summed E-state index contributed by atoms with van der Waals surface area (Å²) in [4.78, 5) is 11.6. The van der Waals surface area contributed by atoms with Gasteiger partial charge >= 0.3 is 5.97 Å². The van der Waals surface area contributed by atoms with Crippen molar-refractivity contribution in [3.8, 4) is 5.75 Å². The molecule has 1 rings (SSSR count). The van der Waals surface area contributed by atoms with Gasteiger partial charge < -0.3 is 9.47 Å². The highest BCUT2D eigenvalue weighted by Crippen LogP contribution is 2.30. The smallest absolute Gasteiger partial charge is 0.310 e. The molecule has 4 heteroatoms. The van der Waals surface area contributed by atoms with Gasteiger partial charge in [0, 0.05) is 5.56 Å². The summed E-state index contributed by atoms with van der Waals surface area (Å²) in [7, 11) is 0. The summed E-state index contributed by atoms with van der Waals surface area (Å²) in [5, 5.41) is 0. The van der Waals surface area contributed by atoms with Crippen LogP contribution in [0.4, 0.5) is 4.39 Å². The van der Waals surface area contributed by atoms with E-state index in [-0.39, 0.29) is 12.4 Å². The van der Waals surface area contributed by atoms with Crippen molar-refractivity contribution >= 4 is 5.97 Å². The fraction of sp³-hybridized carbons (Fsp3) is 0.438. The summed E-state index contributed by atoms with van der Waals surface area (Å²) < 4.78 is 24.2. The molecule has 0 aliphatic carbocycles. The molecule has 3 nitrogen and oxygen atoms in total. The van der Waals surface area contributed by atoms with Crippen LogP contribution in [0.25, 0.3) is 0 Å². The van der Waals surface area contributed by atoms with E-state index in [4.69, 9.17) is 9.47 Å². The van der Waals surface area contributed by atoms with Crippen LogP contribution in [0, 0.1) is 0 Å². The summed E-state index contributed by atoms with van der Waals surface area (Å²) in [5.41, 5.74) is -0.419. The number of para-hydroxylation sites is 1. The zero-order valence-corrected chi connectivity index (χ0v) is 12.2. The average Bonchev–Trinajstić information content (AvgIpc) is 2.41. The number of hydrogen-bond donors (Lipinski definition) is 0. The molecule has 0 saturated carbocycles. The molecule has 110 valence electrons. The van der Waals surface area contributed by atoms with Gasteiger partial charge in [0.15, 0.2) is 5.60 Å². The maximum absolute atomic E-state index is 13.5. The highest BCUT2D eigenvalue weighted by atomic mass is 19.1. The molecule has 0 aliphatic heterocycles. The second-order valence-corrected chi connectivity index (χ2v) is 4.68. The Bertz CT molecular complexity index is 484. The number of benzene rings is 1. The monoisotopic (exact) mass is 280 g/mol. The first kappa shape index (κ1) is 16.2. The Hall–Kier alpha value is -1.84. The van der Waals surface area contributed by atoms with Crippen molar-refractivity contribution in [1.29, 1.82) is 0 Å². The molecule has 1 atom stereocenters. The van der Waals surface area contributed by atoms with E-state index in [1.807, 2.05) is 6.92 Å². The Morgan fingerprint density at radius 1 is 1.35 bits per heavy atom. The third-order valence-corrected chi connectivity index (χ3v) is 3.20. The van der Waals surface area contributed by atoms with Crippen LogP contribution in [0.5, 0.6) is 5.75 Å². The molecule has 0 amide bonds. The fourth-order valence-electron chi connectivity index (χ4n) is 1.68. The maximum Gasteiger partial charge on any atom is 0.310 e.